The van der Waals surface area contributed by atoms with Gasteiger partial charge in [-0.1, -0.05) is 36.7 Å². The molecular weight excluding hydrogens is 392 g/mol. The number of esters is 1. The Morgan fingerprint density at radius 1 is 1.15 bits per heavy atom. The minimum atomic E-state index is -0.0649. The Morgan fingerprint density at radius 3 is 2.65 bits per heavy atom. The van der Waals surface area contributed by atoms with Crippen LogP contribution in [0.3, 0.4) is 0 Å². The van der Waals surface area contributed by atoms with E-state index in [1.54, 1.807) is 0 Å². The van der Waals surface area contributed by atoms with Gasteiger partial charge in [0.2, 0.25) is 0 Å². The fraction of sp³-hybridized carbons (Fsp3) is 0.909. The molecule has 0 aliphatic heterocycles. The molecule has 5 unspecified atom stereocenters. The first-order valence-corrected chi connectivity index (χ1v) is 11.6. The molecule has 3 nitrogen and oxygen atoms in total. The lowest BCUT2D eigenvalue weighted by Crippen LogP contribution is -2.54. The third kappa shape index (κ3) is 2.72. The van der Waals surface area contributed by atoms with Crippen molar-refractivity contribution in [2.24, 2.45) is 34.5 Å². The van der Waals surface area contributed by atoms with Crippen molar-refractivity contribution in [2.75, 3.05) is 0 Å². The van der Waals surface area contributed by atoms with Gasteiger partial charge >= 0.3 is 5.97 Å². The number of carbonyl (C=O) groups is 2. The van der Waals surface area contributed by atoms with Crippen LogP contribution in [0.4, 0.5) is 0 Å². The van der Waals surface area contributed by atoms with Gasteiger partial charge < -0.3 is 4.74 Å². The van der Waals surface area contributed by atoms with E-state index < -0.39 is 0 Å². The van der Waals surface area contributed by atoms with Crippen LogP contribution < -0.4 is 0 Å². The van der Waals surface area contributed by atoms with Crippen molar-refractivity contribution in [3.05, 3.63) is 0 Å². The summed E-state index contributed by atoms with van der Waals surface area (Å²) in [7, 11) is 0. The van der Waals surface area contributed by atoms with Gasteiger partial charge in [-0.15, -0.1) is 0 Å². The van der Waals surface area contributed by atoms with E-state index >= 15 is 0 Å². The number of fused-ring (bicyclic) bond motifs is 5. The first-order chi connectivity index (χ1) is 12.3. The Balaban J connectivity index is 1.59. The molecule has 0 heterocycles. The molecule has 4 rings (SSSR count). The highest BCUT2D eigenvalue weighted by atomic mass is 79.9. The molecule has 0 aromatic carbocycles. The van der Waals surface area contributed by atoms with Crippen LogP contribution in [0.5, 0.6) is 0 Å². The molecule has 4 aliphatic rings. The fourth-order valence-electron chi connectivity index (χ4n) is 7.40. The van der Waals surface area contributed by atoms with Gasteiger partial charge in [-0.25, -0.2) is 0 Å². The summed E-state index contributed by atoms with van der Waals surface area (Å²) in [6.45, 7) is 6.74. The van der Waals surface area contributed by atoms with E-state index in [-0.39, 0.29) is 22.3 Å². The molecule has 4 aliphatic carbocycles. The Hall–Kier alpha value is -0.380. The monoisotopic (exact) mass is 424 g/mol. The number of rotatable bonds is 2. The molecule has 4 heteroatoms. The number of carbonyl (C=O) groups excluding carboxylic acids is 2. The normalized spacial score (nSPS) is 50.5. The lowest BCUT2D eigenvalue weighted by Gasteiger charge is -2.60. The van der Waals surface area contributed by atoms with Gasteiger partial charge in [-0.3, -0.25) is 9.59 Å². The summed E-state index contributed by atoms with van der Waals surface area (Å²) in [5, 5.41) is 0. The van der Waals surface area contributed by atoms with Crippen LogP contribution >= 0.6 is 15.9 Å². The predicted molar refractivity (Wildman–Crippen MR) is 105 cm³/mol. The van der Waals surface area contributed by atoms with E-state index in [4.69, 9.17) is 4.74 Å². The molecule has 146 valence electrons. The van der Waals surface area contributed by atoms with Gasteiger partial charge in [-0.05, 0) is 67.6 Å². The van der Waals surface area contributed by atoms with Crippen LogP contribution in [0, 0.1) is 34.5 Å². The zero-order valence-corrected chi connectivity index (χ0v) is 18.0. The van der Waals surface area contributed by atoms with Crippen molar-refractivity contribution in [1.29, 1.82) is 0 Å². The van der Waals surface area contributed by atoms with Crippen molar-refractivity contribution < 1.29 is 14.3 Å². The van der Waals surface area contributed by atoms with Crippen molar-refractivity contribution in [3.8, 4) is 0 Å². The van der Waals surface area contributed by atoms with Crippen molar-refractivity contribution in [3.63, 3.8) is 0 Å². The second kappa shape index (κ2) is 6.60. The van der Waals surface area contributed by atoms with Crippen LogP contribution in [-0.2, 0) is 14.3 Å². The maximum absolute atomic E-state index is 12.0. The second-order valence-corrected chi connectivity index (χ2v) is 11.1. The number of hydrogen-bond donors (Lipinski definition) is 0. The van der Waals surface area contributed by atoms with Crippen molar-refractivity contribution in [1.82, 2.24) is 0 Å². The lowest BCUT2D eigenvalue weighted by molar-refractivity contribution is -0.163. The largest absolute Gasteiger partial charge is 0.461 e. The first kappa shape index (κ1) is 19.0. The molecule has 4 fully saturated rings. The highest BCUT2D eigenvalue weighted by Crippen LogP contribution is 2.67. The van der Waals surface area contributed by atoms with Crippen LogP contribution in [0.15, 0.2) is 0 Å². The van der Waals surface area contributed by atoms with Gasteiger partial charge in [0.05, 0.1) is 4.83 Å². The molecule has 0 radical (unpaired) electrons. The SMILES string of the molecule is CCC(=O)OC1[C@H](Br)CC2C3CCC4CC(=O)CC[C@]4(C)C3CC[C@@]21C. The van der Waals surface area contributed by atoms with Crippen LogP contribution in [0.1, 0.15) is 78.6 Å². The summed E-state index contributed by atoms with van der Waals surface area (Å²) in [6.07, 6.45) is 9.14. The quantitative estimate of drug-likeness (QED) is 0.446. The third-order valence-electron chi connectivity index (χ3n) is 8.92. The standard InChI is InChI=1S/C22H33BrO3/c1-4-19(25)26-20-18(23)12-17-15-6-5-13-11-14(24)7-9-21(13,2)16(15)8-10-22(17,20)3/h13,15-18,20H,4-12H2,1-3H3/t13?,15?,16?,17?,18-,20?,21+,22+/m1/s1. The van der Waals surface area contributed by atoms with Crippen molar-refractivity contribution in [2.45, 2.75) is 89.5 Å². The van der Waals surface area contributed by atoms with Gasteiger partial charge in [0.15, 0.2) is 0 Å². The molecule has 0 spiro atoms. The number of alkyl halides is 1. The zero-order chi connectivity index (χ0) is 18.7. The minimum Gasteiger partial charge on any atom is -0.461 e. The molecule has 26 heavy (non-hydrogen) atoms. The van der Waals surface area contributed by atoms with Gasteiger partial charge in [0.25, 0.3) is 0 Å². The Bertz CT molecular complexity index is 604. The summed E-state index contributed by atoms with van der Waals surface area (Å²) in [4.78, 5) is 24.3. The number of hydrogen-bond acceptors (Lipinski definition) is 3. The predicted octanol–water partition coefficient (Wildman–Crippen LogP) is 5.29. The fourth-order valence-corrected chi connectivity index (χ4v) is 8.52. The molecule has 0 saturated heterocycles. The summed E-state index contributed by atoms with van der Waals surface area (Å²) < 4.78 is 5.94. The molecule has 8 atom stereocenters. The average Bonchev–Trinajstić information content (AvgIpc) is 2.86. The van der Waals surface area contributed by atoms with Crippen LogP contribution in [0.2, 0.25) is 0 Å². The van der Waals surface area contributed by atoms with E-state index in [2.05, 4.69) is 29.8 Å². The molecule has 4 saturated carbocycles. The summed E-state index contributed by atoms with van der Waals surface area (Å²) in [5.74, 6) is 3.13. The topological polar surface area (TPSA) is 43.4 Å². The average molecular weight is 425 g/mol. The number of Topliss-reactive ketones (excluding diaryl/α,β-unsaturated/α-hetero) is 1. The lowest BCUT2D eigenvalue weighted by atomic mass is 9.45. The van der Waals surface area contributed by atoms with Crippen LogP contribution in [0.25, 0.3) is 0 Å². The zero-order valence-electron chi connectivity index (χ0n) is 16.4. The number of ether oxygens (including phenoxy) is 1. The summed E-state index contributed by atoms with van der Waals surface area (Å²) in [5.41, 5.74) is 0.450. The smallest absolute Gasteiger partial charge is 0.305 e. The highest BCUT2D eigenvalue weighted by Gasteiger charge is 2.63. The maximum atomic E-state index is 12.0. The second-order valence-electron chi connectivity index (χ2n) is 9.96. The van der Waals surface area contributed by atoms with Gasteiger partial charge in [0.1, 0.15) is 11.9 Å². The van der Waals surface area contributed by atoms with Gasteiger partial charge in [0, 0.05) is 24.7 Å². The van der Waals surface area contributed by atoms with E-state index in [1.807, 2.05) is 6.92 Å². The number of halogens is 1. The summed E-state index contributed by atoms with van der Waals surface area (Å²) in [6, 6.07) is 0. The highest BCUT2D eigenvalue weighted by molar-refractivity contribution is 9.09. The minimum absolute atomic E-state index is 0.0133. The third-order valence-corrected chi connectivity index (χ3v) is 9.78. The van der Waals surface area contributed by atoms with E-state index in [1.165, 1.54) is 19.3 Å². The molecule has 0 bridgehead atoms. The molecular formula is C22H33BrO3. The van der Waals surface area contributed by atoms with E-state index in [0.29, 0.717) is 29.5 Å². The first-order valence-electron chi connectivity index (χ1n) is 10.6. The molecule has 0 aromatic heterocycles. The molecule has 0 amide bonds. The Morgan fingerprint density at radius 2 is 1.92 bits per heavy atom. The Labute approximate surface area is 166 Å². The Kier molecular flexibility index (Phi) is 4.81. The maximum Gasteiger partial charge on any atom is 0.305 e. The van der Waals surface area contributed by atoms with Crippen molar-refractivity contribution >= 4 is 27.7 Å². The number of ketones is 1. The summed E-state index contributed by atoms with van der Waals surface area (Å²) >= 11 is 3.87. The van der Waals surface area contributed by atoms with Gasteiger partial charge in [-0.2, -0.15) is 0 Å². The van der Waals surface area contributed by atoms with E-state index in [9.17, 15) is 9.59 Å². The van der Waals surface area contributed by atoms with E-state index in [0.717, 1.165) is 43.9 Å². The molecule has 0 aromatic rings. The van der Waals surface area contributed by atoms with Crippen LogP contribution in [-0.4, -0.2) is 22.7 Å². The molecule has 0 N–H and O–H groups in total.